The molecule has 24 heavy (non-hydrogen) atoms. The largest absolute Gasteiger partial charge is 0.356 e. The topological polar surface area (TPSA) is 87.4 Å². The molecule has 1 aliphatic carbocycles. The first-order valence-electron chi connectivity index (χ1n) is 8.61. The number of nitrogens with one attached hydrogen (secondary N) is 2. The number of carbonyl (C=O) groups is 1. The summed E-state index contributed by atoms with van der Waals surface area (Å²) in [5.41, 5.74) is 0. The number of nitrogens with zero attached hydrogens (tertiary/aromatic N) is 5. The molecule has 0 unspecified atom stereocenters. The normalized spacial score (nSPS) is 16.0. The van der Waals surface area contributed by atoms with E-state index in [9.17, 15) is 4.79 Å². The lowest BCUT2D eigenvalue weighted by atomic mass is 9.89. The van der Waals surface area contributed by atoms with E-state index in [1.54, 1.807) is 23.7 Å². The van der Waals surface area contributed by atoms with Crippen molar-refractivity contribution in [1.29, 1.82) is 0 Å². The van der Waals surface area contributed by atoms with Crippen LogP contribution in [0, 0.1) is 5.92 Å². The summed E-state index contributed by atoms with van der Waals surface area (Å²) in [7, 11) is 5.33. The molecular weight excluding hydrogens is 306 g/mol. The van der Waals surface area contributed by atoms with Crippen molar-refractivity contribution >= 4 is 11.9 Å². The molecule has 8 nitrogen and oxygen atoms in total. The fraction of sp³-hybridized carbons (Fsp3) is 0.750. The number of aromatic nitrogens is 3. The fourth-order valence-corrected chi connectivity index (χ4v) is 2.74. The lowest BCUT2D eigenvalue weighted by Crippen LogP contribution is -2.44. The van der Waals surface area contributed by atoms with Crippen molar-refractivity contribution in [1.82, 2.24) is 30.3 Å². The van der Waals surface area contributed by atoms with Crippen LogP contribution in [0.1, 0.15) is 37.9 Å². The Balaban J connectivity index is 1.91. The van der Waals surface area contributed by atoms with Crippen molar-refractivity contribution in [3.8, 4) is 0 Å². The van der Waals surface area contributed by atoms with Crippen LogP contribution in [-0.2, 0) is 18.4 Å². The maximum atomic E-state index is 11.8. The molecule has 0 bridgehead atoms. The molecule has 1 aromatic rings. The van der Waals surface area contributed by atoms with Crippen molar-refractivity contribution in [2.45, 2.75) is 38.6 Å². The van der Waals surface area contributed by atoms with Crippen LogP contribution in [0.3, 0.4) is 0 Å². The molecule has 134 valence electrons. The Morgan fingerprint density at radius 2 is 2.08 bits per heavy atom. The molecule has 0 aromatic carbocycles. The van der Waals surface area contributed by atoms with Gasteiger partial charge in [0, 0.05) is 27.7 Å². The first-order chi connectivity index (χ1) is 11.6. The van der Waals surface area contributed by atoms with Gasteiger partial charge in [-0.1, -0.05) is 19.3 Å². The highest BCUT2D eigenvalue weighted by molar-refractivity contribution is 5.86. The van der Waals surface area contributed by atoms with E-state index in [0.29, 0.717) is 18.4 Å². The number of aliphatic imine (C=N–C) groups is 1. The Bertz CT molecular complexity index is 546. The quantitative estimate of drug-likeness (QED) is 0.584. The summed E-state index contributed by atoms with van der Waals surface area (Å²) in [6, 6.07) is 0. The molecule has 1 aromatic heterocycles. The highest BCUT2D eigenvalue weighted by Crippen LogP contribution is 2.22. The van der Waals surface area contributed by atoms with E-state index >= 15 is 0 Å². The van der Waals surface area contributed by atoms with E-state index in [0.717, 1.165) is 12.4 Å². The number of hydrogen-bond acceptors (Lipinski definition) is 4. The van der Waals surface area contributed by atoms with Gasteiger partial charge in [0.15, 0.2) is 5.96 Å². The van der Waals surface area contributed by atoms with Gasteiger partial charge >= 0.3 is 0 Å². The zero-order chi connectivity index (χ0) is 17.4. The number of amides is 1. The molecule has 0 radical (unpaired) electrons. The van der Waals surface area contributed by atoms with Crippen molar-refractivity contribution < 1.29 is 4.79 Å². The predicted molar refractivity (Wildman–Crippen MR) is 93.4 cm³/mol. The molecule has 1 saturated carbocycles. The second kappa shape index (κ2) is 9.24. The van der Waals surface area contributed by atoms with Gasteiger partial charge in [0.25, 0.3) is 0 Å². The summed E-state index contributed by atoms with van der Waals surface area (Å²) in [6.45, 7) is 1.54. The van der Waals surface area contributed by atoms with Crippen LogP contribution >= 0.6 is 0 Å². The van der Waals surface area contributed by atoms with E-state index < -0.39 is 0 Å². The van der Waals surface area contributed by atoms with Gasteiger partial charge in [0.1, 0.15) is 18.7 Å². The monoisotopic (exact) mass is 335 g/mol. The lowest BCUT2D eigenvalue weighted by molar-refractivity contribution is -0.127. The van der Waals surface area contributed by atoms with Gasteiger partial charge in [-0.3, -0.25) is 9.48 Å². The minimum absolute atomic E-state index is 0.0147. The van der Waals surface area contributed by atoms with Gasteiger partial charge in [-0.15, -0.1) is 0 Å². The van der Waals surface area contributed by atoms with Gasteiger partial charge in [-0.25, -0.2) is 9.98 Å². The fourth-order valence-electron chi connectivity index (χ4n) is 2.74. The number of likely N-dealkylation sites (N-methyl/N-ethyl adjacent to an activating group) is 1. The third-order valence-corrected chi connectivity index (χ3v) is 4.37. The van der Waals surface area contributed by atoms with Crippen molar-refractivity contribution in [3.63, 3.8) is 0 Å². The Hall–Kier alpha value is -2.12. The summed E-state index contributed by atoms with van der Waals surface area (Å²) < 4.78 is 1.70. The number of carbonyl (C=O) groups excluding carboxylic acids is 1. The molecule has 8 heteroatoms. The van der Waals surface area contributed by atoms with Gasteiger partial charge in [0.2, 0.25) is 5.91 Å². The molecule has 0 saturated heterocycles. The second-order valence-electron chi connectivity index (χ2n) is 6.49. The molecule has 0 atom stereocenters. The molecule has 1 fully saturated rings. The Morgan fingerprint density at radius 3 is 2.71 bits per heavy atom. The van der Waals surface area contributed by atoms with E-state index in [4.69, 9.17) is 0 Å². The van der Waals surface area contributed by atoms with Crippen LogP contribution in [0.4, 0.5) is 0 Å². The van der Waals surface area contributed by atoms with Crippen molar-refractivity contribution in [2.24, 2.45) is 18.0 Å². The van der Waals surface area contributed by atoms with Crippen molar-refractivity contribution in [3.05, 3.63) is 12.2 Å². The van der Waals surface area contributed by atoms with Crippen LogP contribution in [0.2, 0.25) is 0 Å². The molecule has 0 aliphatic heterocycles. The second-order valence-corrected chi connectivity index (χ2v) is 6.49. The van der Waals surface area contributed by atoms with Crippen LogP contribution in [0.5, 0.6) is 0 Å². The van der Waals surface area contributed by atoms with Crippen LogP contribution in [0.25, 0.3) is 0 Å². The molecule has 2 rings (SSSR count). The smallest absolute Gasteiger partial charge is 0.241 e. The first kappa shape index (κ1) is 18.2. The molecule has 0 spiro atoms. The minimum Gasteiger partial charge on any atom is -0.356 e. The van der Waals surface area contributed by atoms with E-state index in [1.165, 1.54) is 38.4 Å². The van der Waals surface area contributed by atoms with Gasteiger partial charge in [-0.2, -0.15) is 5.10 Å². The predicted octanol–water partition coefficient (Wildman–Crippen LogP) is 0.519. The summed E-state index contributed by atoms with van der Waals surface area (Å²) in [6.07, 6.45) is 8.01. The molecular formula is C16H29N7O. The maximum absolute atomic E-state index is 11.8. The summed E-state index contributed by atoms with van der Waals surface area (Å²) >= 11 is 0. The summed E-state index contributed by atoms with van der Waals surface area (Å²) in [5, 5.41) is 10.5. The Kier molecular flexibility index (Phi) is 7.02. The van der Waals surface area contributed by atoms with Gasteiger partial charge in [-0.05, 0) is 18.8 Å². The number of hydrogen-bond donors (Lipinski definition) is 2. The maximum Gasteiger partial charge on any atom is 0.241 e. The third kappa shape index (κ3) is 5.82. The Labute approximate surface area is 143 Å². The summed E-state index contributed by atoms with van der Waals surface area (Å²) in [5.74, 6) is 2.14. The zero-order valence-corrected chi connectivity index (χ0v) is 15.0. The molecule has 1 heterocycles. The van der Waals surface area contributed by atoms with Gasteiger partial charge < -0.3 is 15.5 Å². The molecule has 2 N–H and O–H groups in total. The van der Waals surface area contributed by atoms with E-state index in [-0.39, 0.29) is 12.5 Å². The number of aryl methyl sites for hydroxylation is 1. The SMILES string of the molecule is CN(C)C(=O)CNC(=NCc1ncnn1C)NCC1CCCCC1. The van der Waals surface area contributed by atoms with E-state index in [2.05, 4.69) is 25.7 Å². The van der Waals surface area contributed by atoms with Crippen LogP contribution in [0.15, 0.2) is 11.3 Å². The first-order valence-corrected chi connectivity index (χ1v) is 8.61. The number of rotatable bonds is 6. The third-order valence-electron chi connectivity index (χ3n) is 4.37. The highest BCUT2D eigenvalue weighted by Gasteiger charge is 2.14. The molecule has 1 amide bonds. The van der Waals surface area contributed by atoms with Crippen molar-refractivity contribution in [2.75, 3.05) is 27.2 Å². The van der Waals surface area contributed by atoms with Crippen LogP contribution in [-0.4, -0.2) is 58.7 Å². The highest BCUT2D eigenvalue weighted by atomic mass is 16.2. The Morgan fingerprint density at radius 1 is 1.33 bits per heavy atom. The minimum atomic E-state index is 0.0147. The van der Waals surface area contributed by atoms with Crippen LogP contribution < -0.4 is 10.6 Å². The average Bonchev–Trinajstić information content (AvgIpc) is 2.99. The molecule has 1 aliphatic rings. The van der Waals surface area contributed by atoms with Gasteiger partial charge in [0.05, 0.1) is 6.54 Å². The average molecular weight is 335 g/mol. The zero-order valence-electron chi connectivity index (χ0n) is 15.0. The standard InChI is InChI=1S/C16H29N7O/c1-22(2)15(24)11-19-16(17-9-13-7-5-4-6-8-13)18-10-14-20-12-21-23(14)3/h12-13H,4-11H2,1-3H3,(H2,17,18,19). The lowest BCUT2D eigenvalue weighted by Gasteiger charge is -2.23. The number of guanidine groups is 1. The summed E-state index contributed by atoms with van der Waals surface area (Å²) in [4.78, 5) is 22.1. The van der Waals surface area contributed by atoms with E-state index in [1.807, 2.05) is 7.05 Å².